The quantitative estimate of drug-likeness (QED) is 0.541. The summed E-state index contributed by atoms with van der Waals surface area (Å²) in [6.45, 7) is 5.90. The zero-order chi connectivity index (χ0) is 24.5. The minimum atomic E-state index is -3.75. The third-order valence-electron chi connectivity index (χ3n) is 6.44. The van der Waals surface area contributed by atoms with Crippen LogP contribution in [0.15, 0.2) is 39.9 Å². The largest absolute Gasteiger partial charge is 0.488 e. The summed E-state index contributed by atoms with van der Waals surface area (Å²) in [5.74, 6) is 0.943. The lowest BCUT2D eigenvalue weighted by Crippen LogP contribution is -2.50. The van der Waals surface area contributed by atoms with Crippen molar-refractivity contribution in [2.24, 2.45) is 11.8 Å². The van der Waals surface area contributed by atoms with Crippen LogP contribution in [0.25, 0.3) is 0 Å². The Morgan fingerprint density at radius 2 is 2.06 bits per heavy atom. The number of sulfonamides is 1. The molecule has 0 radical (unpaired) electrons. The Kier molecular flexibility index (Phi) is 7.51. The van der Waals surface area contributed by atoms with Crippen molar-refractivity contribution >= 4 is 33.0 Å². The van der Waals surface area contributed by atoms with Gasteiger partial charge >= 0.3 is 0 Å². The highest BCUT2D eigenvalue weighted by Gasteiger charge is 2.34. The molecule has 34 heavy (non-hydrogen) atoms. The molecule has 2 aromatic rings. The lowest BCUT2D eigenvalue weighted by molar-refractivity contribution is 0.0344. The highest BCUT2D eigenvalue weighted by atomic mass is 32.2. The number of likely N-dealkylation sites (N-methyl/N-ethyl adjacent to an activating group) is 1. The van der Waals surface area contributed by atoms with E-state index in [1.807, 2.05) is 6.92 Å². The summed E-state index contributed by atoms with van der Waals surface area (Å²) in [6, 6.07) is 7.64. The van der Waals surface area contributed by atoms with Crippen molar-refractivity contribution < 1.29 is 23.1 Å². The van der Waals surface area contributed by atoms with Crippen LogP contribution in [0.2, 0.25) is 0 Å². The molecule has 0 saturated heterocycles. The van der Waals surface area contributed by atoms with Gasteiger partial charge in [-0.15, -0.1) is 11.3 Å². The van der Waals surface area contributed by atoms with E-state index in [4.69, 9.17) is 4.74 Å². The van der Waals surface area contributed by atoms with Crippen molar-refractivity contribution in [2.75, 3.05) is 38.0 Å². The van der Waals surface area contributed by atoms with E-state index in [1.54, 1.807) is 28.5 Å². The Morgan fingerprint density at radius 3 is 2.71 bits per heavy atom. The molecule has 8 nitrogen and oxygen atoms in total. The third-order valence-corrected chi connectivity index (χ3v) is 9.21. The van der Waals surface area contributed by atoms with Gasteiger partial charge in [0, 0.05) is 31.2 Å². The fourth-order valence-corrected chi connectivity index (χ4v) is 6.29. The van der Waals surface area contributed by atoms with E-state index in [9.17, 15) is 18.3 Å². The van der Waals surface area contributed by atoms with E-state index >= 15 is 0 Å². The molecule has 0 spiro atoms. The molecule has 186 valence electrons. The number of amides is 1. The van der Waals surface area contributed by atoms with E-state index in [0.29, 0.717) is 12.3 Å². The van der Waals surface area contributed by atoms with Crippen LogP contribution in [0.5, 0.6) is 5.75 Å². The van der Waals surface area contributed by atoms with Crippen molar-refractivity contribution in [2.45, 2.75) is 43.0 Å². The zero-order valence-electron chi connectivity index (χ0n) is 19.8. The molecule has 2 heterocycles. The highest BCUT2D eigenvalue weighted by molar-refractivity contribution is 7.94. The first-order valence-corrected chi connectivity index (χ1v) is 14.0. The molecule has 4 rings (SSSR count). The van der Waals surface area contributed by atoms with E-state index < -0.39 is 10.0 Å². The Hall–Kier alpha value is -2.14. The summed E-state index contributed by atoms with van der Waals surface area (Å²) < 4.78 is 34.5. The maximum Gasteiger partial charge on any atom is 0.271 e. The second-order valence-corrected chi connectivity index (χ2v) is 12.4. The molecule has 1 aliphatic carbocycles. The van der Waals surface area contributed by atoms with Crippen molar-refractivity contribution in [3.8, 4) is 5.75 Å². The number of benzene rings is 1. The number of hydrogen-bond acceptors (Lipinski definition) is 7. The maximum atomic E-state index is 13.5. The molecule has 2 aliphatic rings. The Bertz CT molecular complexity index is 1100. The second kappa shape index (κ2) is 10.2. The number of aliphatic hydroxyl groups is 1. The molecule has 1 aromatic heterocycles. The lowest BCUT2D eigenvalue weighted by atomic mass is 9.99. The first kappa shape index (κ1) is 25.0. The number of rotatable bonds is 9. The third kappa shape index (κ3) is 5.73. The number of nitrogens with zero attached hydrogens (tertiary/aromatic N) is 2. The molecule has 0 unspecified atom stereocenters. The van der Waals surface area contributed by atoms with E-state index in [2.05, 4.69) is 23.6 Å². The fraction of sp³-hybridized carbons (Fsp3) is 0.542. The standard InChI is InChI=1S/C24H33N3O5S2/c1-16-12-27(17(2)15-28)24(29)20-11-19(25-34(30,31)23-5-4-10-33-23)8-9-21(20)32-22(16)14-26(3)13-18-6-7-18/h4-5,8-11,16-18,22,25,28H,6-7,12-15H2,1-3H3/t16-,17-,22+/m1/s1. The summed E-state index contributed by atoms with van der Waals surface area (Å²) in [6.07, 6.45) is 2.39. The van der Waals surface area contributed by atoms with Gasteiger partial charge in [0.2, 0.25) is 0 Å². The van der Waals surface area contributed by atoms with Gasteiger partial charge < -0.3 is 19.6 Å². The number of thiophene rings is 1. The van der Waals surface area contributed by atoms with Crippen molar-refractivity contribution in [1.29, 1.82) is 0 Å². The van der Waals surface area contributed by atoms with Gasteiger partial charge in [-0.25, -0.2) is 8.42 Å². The van der Waals surface area contributed by atoms with Crippen LogP contribution in [0.4, 0.5) is 5.69 Å². The Labute approximate surface area is 205 Å². The molecule has 1 aliphatic heterocycles. The van der Waals surface area contributed by atoms with E-state index in [-0.39, 0.29) is 46.0 Å². The first-order chi connectivity index (χ1) is 16.2. The number of anilines is 1. The van der Waals surface area contributed by atoms with Gasteiger partial charge in [0.15, 0.2) is 0 Å². The van der Waals surface area contributed by atoms with Crippen molar-refractivity contribution in [3.05, 3.63) is 41.3 Å². The van der Waals surface area contributed by atoms with E-state index in [0.717, 1.165) is 30.3 Å². The van der Waals surface area contributed by atoms with Gasteiger partial charge in [0.05, 0.1) is 18.2 Å². The molecular formula is C24H33N3O5S2. The van der Waals surface area contributed by atoms with Gasteiger partial charge in [-0.05, 0) is 62.4 Å². The predicted molar refractivity (Wildman–Crippen MR) is 133 cm³/mol. The summed E-state index contributed by atoms with van der Waals surface area (Å²) >= 11 is 1.12. The number of carbonyl (C=O) groups excluding carboxylic acids is 1. The number of aliphatic hydroxyl groups excluding tert-OH is 1. The number of carbonyl (C=O) groups is 1. The number of nitrogens with one attached hydrogen (secondary N) is 1. The van der Waals surface area contributed by atoms with Crippen LogP contribution in [-0.4, -0.2) is 74.7 Å². The number of hydrogen-bond donors (Lipinski definition) is 2. The normalized spacial score (nSPS) is 22.0. The molecule has 1 fully saturated rings. The minimum Gasteiger partial charge on any atom is -0.488 e. The summed E-state index contributed by atoms with van der Waals surface area (Å²) in [4.78, 5) is 17.5. The Balaban J connectivity index is 1.64. The van der Waals surface area contributed by atoms with Crippen molar-refractivity contribution in [3.63, 3.8) is 0 Å². The molecule has 3 atom stereocenters. The fourth-order valence-electron chi connectivity index (χ4n) is 4.25. The number of ether oxygens (including phenoxy) is 1. The highest BCUT2D eigenvalue weighted by Crippen LogP contribution is 2.33. The van der Waals surface area contributed by atoms with E-state index in [1.165, 1.54) is 25.0 Å². The first-order valence-electron chi connectivity index (χ1n) is 11.7. The van der Waals surface area contributed by atoms with Crippen LogP contribution in [0, 0.1) is 11.8 Å². The second-order valence-electron chi connectivity index (χ2n) is 9.54. The van der Waals surface area contributed by atoms with Crippen molar-refractivity contribution in [1.82, 2.24) is 9.80 Å². The van der Waals surface area contributed by atoms with Gasteiger partial charge in [-0.3, -0.25) is 9.52 Å². The van der Waals surface area contributed by atoms with Gasteiger partial charge in [0.25, 0.3) is 15.9 Å². The molecule has 1 aromatic carbocycles. The molecule has 2 N–H and O–H groups in total. The summed E-state index contributed by atoms with van der Waals surface area (Å²) in [7, 11) is -1.66. The van der Waals surface area contributed by atoms with Gasteiger partial charge in [-0.2, -0.15) is 0 Å². The minimum absolute atomic E-state index is 0.0461. The summed E-state index contributed by atoms with van der Waals surface area (Å²) in [5.41, 5.74) is 0.574. The van der Waals surface area contributed by atoms with Crippen LogP contribution in [0.3, 0.4) is 0 Å². The predicted octanol–water partition coefficient (Wildman–Crippen LogP) is 3.11. The lowest BCUT2D eigenvalue weighted by Gasteiger charge is -2.38. The average Bonchev–Trinajstić information content (AvgIpc) is 3.41. The molecule has 1 amide bonds. The van der Waals surface area contributed by atoms with Crippen LogP contribution in [-0.2, 0) is 10.0 Å². The molecule has 0 bridgehead atoms. The van der Waals surface area contributed by atoms with Crippen LogP contribution in [0.1, 0.15) is 37.0 Å². The maximum absolute atomic E-state index is 13.5. The summed E-state index contributed by atoms with van der Waals surface area (Å²) in [5, 5.41) is 11.5. The molecule has 1 saturated carbocycles. The monoisotopic (exact) mass is 507 g/mol. The Morgan fingerprint density at radius 1 is 1.29 bits per heavy atom. The SMILES string of the molecule is C[C@@H]1CN([C@H](C)CO)C(=O)c2cc(NS(=O)(=O)c3cccs3)ccc2O[C@H]1CN(C)CC1CC1. The van der Waals surface area contributed by atoms with Gasteiger partial charge in [-0.1, -0.05) is 13.0 Å². The van der Waals surface area contributed by atoms with Crippen LogP contribution >= 0.6 is 11.3 Å². The molecule has 10 heteroatoms. The topological polar surface area (TPSA) is 99.2 Å². The number of fused-ring (bicyclic) bond motifs is 1. The van der Waals surface area contributed by atoms with Gasteiger partial charge in [0.1, 0.15) is 16.1 Å². The average molecular weight is 508 g/mol. The smallest absolute Gasteiger partial charge is 0.271 e. The zero-order valence-corrected chi connectivity index (χ0v) is 21.4. The molecular weight excluding hydrogens is 474 g/mol. The van der Waals surface area contributed by atoms with Crippen LogP contribution < -0.4 is 9.46 Å².